The maximum atomic E-state index is 11.1. The van der Waals surface area contributed by atoms with Gasteiger partial charge < -0.3 is 35.0 Å². The number of nitrogens with two attached hydrogens (primary N) is 1. The molecule has 0 aliphatic carbocycles. The minimum atomic E-state index is -0.605. The lowest BCUT2D eigenvalue weighted by atomic mass is 10.2. The zero-order valence-electron chi connectivity index (χ0n) is 15.8. The highest BCUT2D eigenvalue weighted by molar-refractivity contribution is 5.89. The molecule has 4 N–H and O–H groups in total. The van der Waals surface area contributed by atoms with Crippen molar-refractivity contribution in [2.24, 2.45) is 10.7 Å². The van der Waals surface area contributed by atoms with Gasteiger partial charge in [0, 0.05) is 13.6 Å². The number of rotatable bonds is 8. The van der Waals surface area contributed by atoms with Gasteiger partial charge in [-0.05, 0) is 29.8 Å². The first kappa shape index (κ1) is 20.0. The van der Waals surface area contributed by atoms with Crippen LogP contribution in [-0.4, -0.2) is 40.2 Å². The molecule has 1 heterocycles. The van der Waals surface area contributed by atoms with Crippen molar-refractivity contribution in [3.63, 3.8) is 0 Å². The third-order valence-electron chi connectivity index (χ3n) is 3.74. The van der Waals surface area contributed by atoms with Crippen LogP contribution in [0.4, 0.5) is 0 Å². The average Bonchev–Trinajstić information content (AvgIpc) is 3.16. The molecule has 0 unspecified atom stereocenters. The number of nitrogens with zero attached hydrogens (tertiary/aromatic N) is 1. The van der Waals surface area contributed by atoms with Crippen LogP contribution >= 0.6 is 0 Å². The maximum absolute atomic E-state index is 11.1. The fourth-order valence-electron chi connectivity index (χ4n) is 2.42. The van der Waals surface area contributed by atoms with Crippen molar-refractivity contribution in [3.8, 4) is 17.2 Å². The van der Waals surface area contributed by atoms with E-state index in [1.165, 1.54) is 6.07 Å². The Morgan fingerprint density at radius 1 is 1.07 bits per heavy atom. The van der Waals surface area contributed by atoms with E-state index in [0.29, 0.717) is 42.1 Å². The van der Waals surface area contributed by atoms with Crippen molar-refractivity contribution in [1.82, 2.24) is 10.6 Å². The van der Waals surface area contributed by atoms with Crippen LogP contribution in [0.2, 0.25) is 0 Å². The summed E-state index contributed by atoms with van der Waals surface area (Å²) in [5.74, 6) is 2.32. The molecule has 0 saturated carbocycles. The molecule has 2 aromatic rings. The summed E-state index contributed by atoms with van der Waals surface area (Å²) in [5.41, 5.74) is 6.09. The number of hydrogen-bond acceptors (Lipinski definition) is 6. The van der Waals surface area contributed by atoms with Crippen molar-refractivity contribution in [2.75, 3.05) is 28.4 Å². The van der Waals surface area contributed by atoms with E-state index >= 15 is 0 Å². The summed E-state index contributed by atoms with van der Waals surface area (Å²) >= 11 is 0. The normalized spacial score (nSPS) is 11.0. The largest absolute Gasteiger partial charge is 0.493 e. The molecule has 0 bridgehead atoms. The molecule has 27 heavy (non-hydrogen) atoms. The number of amides is 1. The van der Waals surface area contributed by atoms with Crippen LogP contribution in [0, 0.1) is 0 Å². The smallest absolute Gasteiger partial charge is 0.284 e. The summed E-state index contributed by atoms with van der Waals surface area (Å²) in [7, 11) is 6.35. The van der Waals surface area contributed by atoms with Crippen molar-refractivity contribution in [2.45, 2.75) is 13.1 Å². The van der Waals surface area contributed by atoms with Gasteiger partial charge in [0.05, 0.1) is 27.9 Å². The molecule has 1 amide bonds. The van der Waals surface area contributed by atoms with Crippen LogP contribution in [0.5, 0.6) is 17.2 Å². The second-order valence-electron chi connectivity index (χ2n) is 5.44. The number of ether oxygens (including phenoxy) is 3. The van der Waals surface area contributed by atoms with E-state index in [0.717, 1.165) is 5.56 Å². The Bertz CT molecular complexity index is 791. The summed E-state index contributed by atoms with van der Waals surface area (Å²) < 4.78 is 21.3. The Balaban J connectivity index is 2.00. The zero-order chi connectivity index (χ0) is 19.8. The molecule has 9 nitrogen and oxygen atoms in total. The molecule has 1 aromatic carbocycles. The minimum Gasteiger partial charge on any atom is -0.493 e. The van der Waals surface area contributed by atoms with Crippen molar-refractivity contribution in [3.05, 3.63) is 41.3 Å². The lowest BCUT2D eigenvalue weighted by Crippen LogP contribution is -2.36. The van der Waals surface area contributed by atoms with Gasteiger partial charge in [-0.15, -0.1) is 0 Å². The zero-order valence-corrected chi connectivity index (χ0v) is 15.8. The number of hydrogen-bond donors (Lipinski definition) is 3. The Hall–Kier alpha value is -3.36. The van der Waals surface area contributed by atoms with E-state index < -0.39 is 5.91 Å². The Labute approximate surface area is 157 Å². The molecule has 9 heteroatoms. The van der Waals surface area contributed by atoms with E-state index in [1.54, 1.807) is 34.4 Å². The van der Waals surface area contributed by atoms with Crippen molar-refractivity contribution < 1.29 is 23.4 Å². The summed E-state index contributed by atoms with van der Waals surface area (Å²) in [4.78, 5) is 15.2. The van der Waals surface area contributed by atoms with Gasteiger partial charge in [0.25, 0.3) is 5.91 Å². The maximum Gasteiger partial charge on any atom is 0.284 e. The number of nitrogens with one attached hydrogen (secondary N) is 2. The SMILES string of the molecule is CN=C(NCc1cc(OC)c(OC)c(OC)c1)NCc1ccc(C(N)=O)o1. The highest BCUT2D eigenvalue weighted by Crippen LogP contribution is 2.38. The van der Waals surface area contributed by atoms with Crippen LogP contribution in [-0.2, 0) is 13.1 Å². The van der Waals surface area contributed by atoms with Crippen molar-refractivity contribution >= 4 is 11.9 Å². The van der Waals surface area contributed by atoms with Gasteiger partial charge in [0.2, 0.25) is 5.75 Å². The molecule has 0 aliphatic heterocycles. The first-order valence-electron chi connectivity index (χ1n) is 8.14. The third kappa shape index (κ3) is 5.06. The number of aliphatic imine (C=N–C) groups is 1. The van der Waals surface area contributed by atoms with Gasteiger partial charge in [-0.2, -0.15) is 0 Å². The van der Waals surface area contributed by atoms with Gasteiger partial charge in [-0.25, -0.2) is 0 Å². The van der Waals surface area contributed by atoms with E-state index in [1.807, 2.05) is 12.1 Å². The van der Waals surface area contributed by atoms with Crippen LogP contribution in [0.15, 0.2) is 33.7 Å². The second-order valence-corrected chi connectivity index (χ2v) is 5.44. The quantitative estimate of drug-likeness (QED) is 0.469. The summed E-state index contributed by atoms with van der Waals surface area (Å²) in [5, 5.41) is 6.27. The lowest BCUT2D eigenvalue weighted by Gasteiger charge is -2.15. The topological polar surface area (TPSA) is 120 Å². The Morgan fingerprint density at radius 3 is 2.19 bits per heavy atom. The fraction of sp³-hybridized carbons (Fsp3) is 0.333. The number of guanidine groups is 1. The van der Waals surface area contributed by atoms with E-state index in [4.69, 9.17) is 24.4 Å². The van der Waals surface area contributed by atoms with Crippen LogP contribution in [0.1, 0.15) is 21.9 Å². The van der Waals surface area contributed by atoms with Crippen LogP contribution in [0.25, 0.3) is 0 Å². The van der Waals surface area contributed by atoms with E-state index in [9.17, 15) is 4.79 Å². The summed E-state index contributed by atoms with van der Waals surface area (Å²) in [6, 6.07) is 6.92. The minimum absolute atomic E-state index is 0.118. The molecule has 146 valence electrons. The predicted molar refractivity (Wildman–Crippen MR) is 100 cm³/mol. The average molecular weight is 376 g/mol. The number of carbonyl (C=O) groups excluding carboxylic acids is 1. The molecule has 0 radical (unpaired) electrons. The summed E-state index contributed by atoms with van der Waals surface area (Å²) in [6.45, 7) is 0.823. The fourth-order valence-corrected chi connectivity index (χ4v) is 2.42. The van der Waals surface area contributed by atoms with Crippen LogP contribution < -0.4 is 30.6 Å². The number of carbonyl (C=O) groups is 1. The Kier molecular flexibility index (Phi) is 6.93. The molecular formula is C18H24N4O5. The monoisotopic (exact) mass is 376 g/mol. The van der Waals surface area contributed by atoms with E-state index in [-0.39, 0.29) is 5.76 Å². The molecule has 0 fully saturated rings. The number of benzene rings is 1. The number of furan rings is 1. The third-order valence-corrected chi connectivity index (χ3v) is 3.74. The first-order valence-corrected chi connectivity index (χ1v) is 8.14. The lowest BCUT2D eigenvalue weighted by molar-refractivity contribution is 0.0972. The molecule has 0 atom stereocenters. The molecule has 0 saturated heterocycles. The van der Waals surface area contributed by atoms with Crippen LogP contribution in [0.3, 0.4) is 0 Å². The summed E-state index contributed by atoms with van der Waals surface area (Å²) in [6.07, 6.45) is 0. The first-order chi connectivity index (χ1) is 13.0. The highest BCUT2D eigenvalue weighted by Gasteiger charge is 2.13. The molecule has 0 spiro atoms. The van der Waals surface area contributed by atoms with E-state index in [2.05, 4.69) is 15.6 Å². The van der Waals surface area contributed by atoms with Gasteiger partial charge in [-0.1, -0.05) is 0 Å². The highest BCUT2D eigenvalue weighted by atomic mass is 16.5. The number of primary amides is 1. The molecule has 1 aromatic heterocycles. The predicted octanol–water partition coefficient (Wildman–Crippen LogP) is 1.27. The standard InChI is InChI=1S/C18H24N4O5/c1-20-18(22-10-12-5-6-13(27-12)17(19)23)21-9-11-7-14(24-2)16(26-4)15(8-11)25-3/h5-8H,9-10H2,1-4H3,(H2,19,23)(H2,20,21,22). The van der Waals surface area contributed by atoms with Crippen molar-refractivity contribution in [1.29, 1.82) is 0 Å². The molecule has 2 rings (SSSR count). The molecule has 0 aliphatic rings. The second kappa shape index (κ2) is 9.37. The van der Waals surface area contributed by atoms with Gasteiger partial charge in [-0.3, -0.25) is 9.79 Å². The van der Waals surface area contributed by atoms with Gasteiger partial charge >= 0.3 is 0 Å². The molecular weight excluding hydrogens is 352 g/mol. The van der Waals surface area contributed by atoms with Gasteiger partial charge in [0.1, 0.15) is 5.76 Å². The Morgan fingerprint density at radius 2 is 1.70 bits per heavy atom. The number of methoxy groups -OCH3 is 3. The van der Waals surface area contributed by atoms with Gasteiger partial charge in [0.15, 0.2) is 23.2 Å².